The molecule has 2 aromatic rings. The van der Waals surface area contributed by atoms with Gasteiger partial charge in [-0.2, -0.15) is 0 Å². The monoisotopic (exact) mass is 269 g/mol. The lowest BCUT2D eigenvalue weighted by Gasteiger charge is -2.16. The van der Waals surface area contributed by atoms with E-state index in [4.69, 9.17) is 10.5 Å². The van der Waals surface area contributed by atoms with Crippen LogP contribution in [0.5, 0.6) is 0 Å². The van der Waals surface area contributed by atoms with Crippen LogP contribution in [0.25, 0.3) is 0 Å². The van der Waals surface area contributed by atoms with Crippen LogP contribution in [0.4, 0.5) is 5.69 Å². The van der Waals surface area contributed by atoms with Gasteiger partial charge in [-0.1, -0.05) is 36.4 Å². The molecule has 0 bridgehead atoms. The minimum atomic E-state index is -0.304. The molecule has 0 aromatic heterocycles. The van der Waals surface area contributed by atoms with Gasteiger partial charge in [-0.3, -0.25) is 4.79 Å². The zero-order chi connectivity index (χ0) is 14.5. The number of hydrogen-bond donors (Lipinski definition) is 1. The van der Waals surface area contributed by atoms with Crippen molar-refractivity contribution in [2.45, 2.75) is 19.3 Å². The van der Waals surface area contributed by atoms with Crippen LogP contribution in [-0.4, -0.2) is 13.1 Å². The zero-order valence-electron chi connectivity index (χ0n) is 11.8. The molecule has 3 nitrogen and oxygen atoms in total. The predicted octanol–water partition coefficient (Wildman–Crippen LogP) is 3.08. The van der Waals surface area contributed by atoms with Gasteiger partial charge in [0.1, 0.15) is 0 Å². The summed E-state index contributed by atoms with van der Waals surface area (Å²) in [4.78, 5) is 12.1. The zero-order valence-corrected chi connectivity index (χ0v) is 11.8. The minimum absolute atomic E-state index is 0.224. The first kappa shape index (κ1) is 14.1. The van der Waals surface area contributed by atoms with Gasteiger partial charge in [0, 0.05) is 5.69 Å². The number of esters is 1. The largest absolute Gasteiger partial charge is 0.469 e. The molecule has 104 valence electrons. The van der Waals surface area contributed by atoms with E-state index >= 15 is 0 Å². The summed E-state index contributed by atoms with van der Waals surface area (Å²) in [6.07, 6.45) is 0.628. The molecular weight excluding hydrogens is 250 g/mol. The Balaban J connectivity index is 2.31. The quantitative estimate of drug-likeness (QED) is 0.685. The second-order valence-corrected chi connectivity index (χ2v) is 4.87. The van der Waals surface area contributed by atoms with E-state index < -0.39 is 0 Å². The average Bonchev–Trinajstić information content (AvgIpc) is 2.47. The smallest absolute Gasteiger partial charge is 0.313 e. The van der Waals surface area contributed by atoms with Crippen molar-refractivity contribution in [2.75, 3.05) is 12.8 Å². The lowest BCUT2D eigenvalue weighted by Crippen LogP contribution is -2.17. The van der Waals surface area contributed by atoms with Crippen LogP contribution in [0.3, 0.4) is 0 Å². The van der Waals surface area contributed by atoms with Gasteiger partial charge in [0.25, 0.3) is 0 Å². The molecule has 2 N–H and O–H groups in total. The molecule has 0 saturated carbocycles. The molecule has 0 fully saturated rings. The molecule has 0 heterocycles. The Morgan fingerprint density at radius 3 is 2.40 bits per heavy atom. The molecule has 3 heteroatoms. The Bertz CT molecular complexity index is 590. The summed E-state index contributed by atoms with van der Waals surface area (Å²) in [5, 5.41) is 0. The van der Waals surface area contributed by atoms with E-state index in [1.165, 1.54) is 12.7 Å². The van der Waals surface area contributed by atoms with Crippen LogP contribution in [0.2, 0.25) is 0 Å². The molecule has 0 aliphatic rings. The Morgan fingerprint density at radius 1 is 1.15 bits per heavy atom. The van der Waals surface area contributed by atoms with Gasteiger partial charge in [0.15, 0.2) is 0 Å². The number of nitrogen functional groups attached to an aromatic ring is 1. The van der Waals surface area contributed by atoms with Gasteiger partial charge < -0.3 is 10.5 Å². The first-order chi connectivity index (χ1) is 9.61. The number of hydrogen-bond acceptors (Lipinski definition) is 3. The summed E-state index contributed by atoms with van der Waals surface area (Å²) in [6.45, 7) is 2.05. The summed E-state index contributed by atoms with van der Waals surface area (Å²) < 4.78 is 4.94. The Labute approximate surface area is 119 Å². The molecule has 0 spiro atoms. The summed E-state index contributed by atoms with van der Waals surface area (Å²) in [7, 11) is 1.42. The number of nitrogens with two attached hydrogens (primary N) is 1. The summed E-state index contributed by atoms with van der Waals surface area (Å²) >= 11 is 0. The molecule has 0 amide bonds. The minimum Gasteiger partial charge on any atom is -0.469 e. The highest BCUT2D eigenvalue weighted by atomic mass is 16.5. The van der Waals surface area contributed by atoms with Gasteiger partial charge >= 0.3 is 5.97 Å². The maximum atomic E-state index is 12.1. The fraction of sp³-hybridized carbons (Fsp3) is 0.235. The number of anilines is 1. The third-order valence-electron chi connectivity index (χ3n) is 3.51. The van der Waals surface area contributed by atoms with Crippen LogP contribution in [0.15, 0.2) is 48.5 Å². The molecule has 0 saturated heterocycles. The maximum Gasteiger partial charge on any atom is 0.313 e. The van der Waals surface area contributed by atoms with E-state index in [1.807, 2.05) is 55.5 Å². The third-order valence-corrected chi connectivity index (χ3v) is 3.51. The SMILES string of the molecule is COC(=O)C(Cc1ccccc1C)c1ccc(N)cc1. The number of carbonyl (C=O) groups is 1. The number of ether oxygens (including phenoxy) is 1. The molecule has 2 rings (SSSR count). The Morgan fingerprint density at radius 2 is 1.80 bits per heavy atom. The van der Waals surface area contributed by atoms with E-state index in [1.54, 1.807) is 0 Å². The topological polar surface area (TPSA) is 52.3 Å². The lowest BCUT2D eigenvalue weighted by atomic mass is 9.90. The van der Waals surface area contributed by atoms with Crippen molar-refractivity contribution in [3.63, 3.8) is 0 Å². The molecule has 1 unspecified atom stereocenters. The van der Waals surface area contributed by atoms with Gasteiger partial charge in [-0.05, 0) is 42.2 Å². The molecular formula is C17H19NO2. The number of aryl methyl sites for hydroxylation is 1. The number of benzene rings is 2. The van der Waals surface area contributed by atoms with Crippen LogP contribution >= 0.6 is 0 Å². The van der Waals surface area contributed by atoms with Crippen molar-refractivity contribution in [3.05, 3.63) is 65.2 Å². The van der Waals surface area contributed by atoms with E-state index in [9.17, 15) is 4.79 Å². The lowest BCUT2D eigenvalue weighted by molar-refractivity contribution is -0.142. The number of rotatable bonds is 4. The Kier molecular flexibility index (Phi) is 4.41. The van der Waals surface area contributed by atoms with E-state index in [-0.39, 0.29) is 11.9 Å². The molecule has 0 aliphatic carbocycles. The van der Waals surface area contributed by atoms with Crippen LogP contribution in [-0.2, 0) is 16.0 Å². The molecule has 0 aliphatic heterocycles. The standard InChI is InChI=1S/C17H19NO2/c1-12-5-3-4-6-14(12)11-16(17(19)20-2)13-7-9-15(18)10-8-13/h3-10,16H,11,18H2,1-2H3. The Hall–Kier alpha value is -2.29. The van der Waals surface area contributed by atoms with Gasteiger partial charge in [0.05, 0.1) is 13.0 Å². The molecule has 2 aromatic carbocycles. The normalized spacial score (nSPS) is 11.9. The van der Waals surface area contributed by atoms with E-state index in [0.717, 1.165) is 11.1 Å². The fourth-order valence-corrected chi connectivity index (χ4v) is 2.27. The van der Waals surface area contributed by atoms with Gasteiger partial charge in [-0.15, -0.1) is 0 Å². The highest BCUT2D eigenvalue weighted by molar-refractivity contribution is 5.78. The van der Waals surface area contributed by atoms with Crippen molar-refractivity contribution in [1.29, 1.82) is 0 Å². The van der Waals surface area contributed by atoms with Crippen molar-refractivity contribution in [1.82, 2.24) is 0 Å². The van der Waals surface area contributed by atoms with Gasteiger partial charge in [-0.25, -0.2) is 0 Å². The molecule has 20 heavy (non-hydrogen) atoms. The predicted molar refractivity (Wildman–Crippen MR) is 80.5 cm³/mol. The van der Waals surface area contributed by atoms with Crippen molar-refractivity contribution >= 4 is 11.7 Å². The second kappa shape index (κ2) is 6.24. The highest BCUT2D eigenvalue weighted by Gasteiger charge is 2.22. The van der Waals surface area contributed by atoms with Crippen molar-refractivity contribution in [2.24, 2.45) is 0 Å². The number of methoxy groups -OCH3 is 1. The van der Waals surface area contributed by atoms with E-state index in [2.05, 4.69) is 0 Å². The first-order valence-corrected chi connectivity index (χ1v) is 6.59. The highest BCUT2D eigenvalue weighted by Crippen LogP contribution is 2.24. The van der Waals surface area contributed by atoms with Crippen LogP contribution in [0, 0.1) is 6.92 Å². The average molecular weight is 269 g/mol. The summed E-state index contributed by atoms with van der Waals surface area (Å²) in [6, 6.07) is 15.5. The fourth-order valence-electron chi connectivity index (χ4n) is 2.27. The third kappa shape index (κ3) is 3.18. The number of carbonyl (C=O) groups excluding carboxylic acids is 1. The van der Waals surface area contributed by atoms with Crippen LogP contribution < -0.4 is 5.73 Å². The van der Waals surface area contributed by atoms with Crippen LogP contribution in [0.1, 0.15) is 22.6 Å². The molecule has 0 radical (unpaired) electrons. The van der Waals surface area contributed by atoms with Crippen molar-refractivity contribution < 1.29 is 9.53 Å². The first-order valence-electron chi connectivity index (χ1n) is 6.59. The maximum absolute atomic E-state index is 12.1. The summed E-state index contributed by atoms with van der Waals surface area (Å²) in [5.74, 6) is -0.528. The van der Waals surface area contributed by atoms with Crippen molar-refractivity contribution in [3.8, 4) is 0 Å². The summed E-state index contributed by atoms with van der Waals surface area (Å²) in [5.41, 5.74) is 9.64. The van der Waals surface area contributed by atoms with E-state index in [0.29, 0.717) is 12.1 Å². The van der Waals surface area contributed by atoms with Gasteiger partial charge in [0.2, 0.25) is 0 Å². The molecule has 1 atom stereocenters. The second-order valence-electron chi connectivity index (χ2n) is 4.87.